The number of benzene rings is 1. The Balaban J connectivity index is 2.41. The van der Waals surface area contributed by atoms with Gasteiger partial charge in [0.05, 0.1) is 0 Å². The van der Waals surface area contributed by atoms with Crippen molar-refractivity contribution in [3.8, 4) is 0 Å². The minimum absolute atomic E-state index is 0.662. The Morgan fingerprint density at radius 2 is 1.62 bits per heavy atom. The summed E-state index contributed by atoms with van der Waals surface area (Å²) in [6.45, 7) is 0. The normalized spacial score (nSPS) is 27.6. The lowest BCUT2D eigenvalue weighted by Gasteiger charge is -2.29. The summed E-state index contributed by atoms with van der Waals surface area (Å²) >= 11 is 17.1. The maximum absolute atomic E-state index is 14.0. The molecule has 0 nitrogen and oxygen atoms in total. The van der Waals surface area contributed by atoms with Crippen molar-refractivity contribution in [3.05, 3.63) is 54.1 Å². The van der Waals surface area contributed by atoms with Crippen LogP contribution < -0.4 is 0 Å². The fourth-order valence-electron chi connectivity index (χ4n) is 1.46. The van der Waals surface area contributed by atoms with Crippen LogP contribution in [0.3, 0.4) is 0 Å². The van der Waals surface area contributed by atoms with E-state index in [1.807, 2.05) is 30.3 Å². The molecule has 0 heterocycles. The van der Waals surface area contributed by atoms with Gasteiger partial charge in [-0.25, -0.2) is 4.39 Å². The largest absolute Gasteiger partial charge is 0.239 e. The van der Waals surface area contributed by atoms with Gasteiger partial charge < -0.3 is 0 Å². The molecule has 0 saturated carbocycles. The molecule has 0 N–H and O–H groups in total. The monoisotopic (exact) mass is 276 g/mol. The molecule has 4 heteroatoms. The van der Waals surface area contributed by atoms with Crippen LogP contribution in [-0.4, -0.2) is 9.46 Å². The Morgan fingerprint density at radius 1 is 1.00 bits per heavy atom. The van der Waals surface area contributed by atoms with Gasteiger partial charge in [-0.1, -0.05) is 71.2 Å². The third kappa shape index (κ3) is 2.13. The minimum Gasteiger partial charge on any atom is -0.218 e. The first-order chi connectivity index (χ1) is 7.42. The summed E-state index contributed by atoms with van der Waals surface area (Å²) in [6.07, 6.45) is 4.24. The topological polar surface area (TPSA) is 0 Å². The summed E-state index contributed by atoms with van der Waals surface area (Å²) in [5.41, 5.74) is 1.53. The van der Waals surface area contributed by atoms with Crippen LogP contribution in [0.25, 0.3) is 5.57 Å². The van der Waals surface area contributed by atoms with Crippen LogP contribution in [-0.2, 0) is 0 Å². The van der Waals surface area contributed by atoms with Gasteiger partial charge in [0.2, 0.25) is 5.13 Å². The fourth-order valence-corrected chi connectivity index (χ4v) is 1.87. The molecule has 0 amide bonds. The molecule has 0 radical (unpaired) electrons. The highest BCUT2D eigenvalue weighted by atomic mass is 35.5. The summed E-state index contributed by atoms with van der Waals surface area (Å²) in [4.78, 5) is 0. The van der Waals surface area contributed by atoms with E-state index in [9.17, 15) is 4.39 Å². The summed E-state index contributed by atoms with van der Waals surface area (Å²) in [5, 5.41) is -2.30. The summed E-state index contributed by atoms with van der Waals surface area (Å²) < 4.78 is 12.2. The maximum atomic E-state index is 14.0. The summed E-state index contributed by atoms with van der Waals surface area (Å²) in [6, 6.07) is 9.33. The molecule has 16 heavy (non-hydrogen) atoms. The van der Waals surface area contributed by atoms with Crippen molar-refractivity contribution in [1.29, 1.82) is 0 Å². The van der Waals surface area contributed by atoms with E-state index in [-0.39, 0.29) is 0 Å². The van der Waals surface area contributed by atoms with Gasteiger partial charge in [0.15, 0.2) is 4.33 Å². The van der Waals surface area contributed by atoms with Gasteiger partial charge in [0.25, 0.3) is 0 Å². The van der Waals surface area contributed by atoms with E-state index < -0.39 is 9.46 Å². The second kappa shape index (κ2) is 4.06. The molecule has 1 unspecified atom stereocenters. The van der Waals surface area contributed by atoms with Crippen molar-refractivity contribution in [3.63, 3.8) is 0 Å². The van der Waals surface area contributed by atoms with Crippen molar-refractivity contribution in [1.82, 2.24) is 0 Å². The van der Waals surface area contributed by atoms with E-state index >= 15 is 0 Å². The summed E-state index contributed by atoms with van der Waals surface area (Å²) in [5.74, 6) is 0. The standard InChI is InChI=1S/C12H8Cl3F/c13-11(14)7-6-10(8-12(11,15)16)9-4-2-1-3-5-9/h1-8H. The molecule has 0 aromatic heterocycles. The number of alkyl halides is 4. The smallest absolute Gasteiger partial charge is 0.218 e. The number of halogens is 4. The highest BCUT2D eigenvalue weighted by molar-refractivity contribution is 6.55. The Kier molecular flexibility index (Phi) is 3.04. The third-order valence-corrected chi connectivity index (χ3v) is 3.76. The predicted octanol–water partition coefficient (Wildman–Crippen LogP) is 4.72. The second-order valence-corrected chi connectivity index (χ2v) is 5.48. The Morgan fingerprint density at radius 3 is 2.19 bits per heavy atom. The van der Waals surface area contributed by atoms with Crippen molar-refractivity contribution in [2.24, 2.45) is 0 Å². The molecule has 1 aromatic rings. The maximum Gasteiger partial charge on any atom is 0.239 e. The molecule has 1 aliphatic rings. The summed E-state index contributed by atoms with van der Waals surface area (Å²) in [7, 11) is 0. The Hall–Kier alpha value is -0.500. The van der Waals surface area contributed by atoms with Gasteiger partial charge in [-0.05, 0) is 23.3 Å². The van der Waals surface area contributed by atoms with E-state index in [4.69, 9.17) is 34.8 Å². The number of hydrogen-bond acceptors (Lipinski definition) is 0. The molecule has 1 atom stereocenters. The van der Waals surface area contributed by atoms with Gasteiger partial charge >= 0.3 is 0 Å². The Labute approximate surface area is 108 Å². The van der Waals surface area contributed by atoms with E-state index in [1.54, 1.807) is 6.08 Å². The van der Waals surface area contributed by atoms with Gasteiger partial charge in [0, 0.05) is 0 Å². The fraction of sp³-hybridized carbons (Fsp3) is 0.167. The second-order valence-electron chi connectivity index (χ2n) is 3.54. The first-order valence-corrected chi connectivity index (χ1v) is 5.79. The molecule has 0 aliphatic heterocycles. The van der Waals surface area contributed by atoms with Gasteiger partial charge in [-0.2, -0.15) is 0 Å². The van der Waals surface area contributed by atoms with E-state index in [2.05, 4.69) is 0 Å². The van der Waals surface area contributed by atoms with Crippen LogP contribution in [0.4, 0.5) is 4.39 Å². The van der Waals surface area contributed by atoms with E-state index in [1.165, 1.54) is 12.2 Å². The number of allylic oxidation sites excluding steroid dienone is 4. The number of hydrogen-bond donors (Lipinski definition) is 0. The quantitative estimate of drug-likeness (QED) is 0.652. The van der Waals surface area contributed by atoms with Gasteiger partial charge in [0.1, 0.15) is 0 Å². The third-order valence-electron chi connectivity index (χ3n) is 2.36. The van der Waals surface area contributed by atoms with E-state index in [0.29, 0.717) is 5.57 Å². The van der Waals surface area contributed by atoms with Crippen molar-refractivity contribution in [2.75, 3.05) is 0 Å². The molecule has 84 valence electrons. The predicted molar refractivity (Wildman–Crippen MR) is 67.7 cm³/mol. The zero-order valence-corrected chi connectivity index (χ0v) is 10.4. The molecular formula is C12H8Cl3F. The average molecular weight is 278 g/mol. The van der Waals surface area contributed by atoms with E-state index in [0.717, 1.165) is 5.56 Å². The van der Waals surface area contributed by atoms with Crippen LogP contribution >= 0.6 is 34.8 Å². The zero-order chi connectivity index (χ0) is 11.8. The lowest BCUT2D eigenvalue weighted by molar-refractivity contribution is 0.335. The SMILES string of the molecule is FC1(Cl)C=C(c2ccccc2)C=CC1(Cl)Cl. The van der Waals surface area contributed by atoms with Crippen LogP contribution in [0.15, 0.2) is 48.6 Å². The molecule has 1 aromatic carbocycles. The molecule has 0 bridgehead atoms. The zero-order valence-electron chi connectivity index (χ0n) is 8.13. The average Bonchev–Trinajstić information content (AvgIpc) is 2.23. The molecule has 0 saturated heterocycles. The molecular weight excluding hydrogens is 269 g/mol. The number of rotatable bonds is 1. The van der Waals surface area contributed by atoms with Crippen molar-refractivity contribution >= 4 is 40.4 Å². The molecule has 0 fully saturated rings. The molecule has 1 aliphatic carbocycles. The van der Waals surface area contributed by atoms with Crippen LogP contribution in [0, 0.1) is 0 Å². The van der Waals surface area contributed by atoms with Gasteiger partial charge in [-0.15, -0.1) is 0 Å². The minimum atomic E-state index is -2.30. The Bertz CT molecular complexity index is 447. The lowest BCUT2D eigenvalue weighted by Crippen LogP contribution is -2.35. The van der Waals surface area contributed by atoms with Crippen molar-refractivity contribution < 1.29 is 4.39 Å². The molecule has 0 spiro atoms. The van der Waals surface area contributed by atoms with Crippen LogP contribution in [0.5, 0.6) is 0 Å². The highest BCUT2D eigenvalue weighted by Gasteiger charge is 2.47. The van der Waals surface area contributed by atoms with Gasteiger partial charge in [-0.3, -0.25) is 0 Å². The van der Waals surface area contributed by atoms with Crippen LogP contribution in [0.2, 0.25) is 0 Å². The lowest BCUT2D eigenvalue weighted by atomic mass is 9.98. The van der Waals surface area contributed by atoms with Crippen molar-refractivity contribution in [2.45, 2.75) is 9.46 Å². The van der Waals surface area contributed by atoms with Crippen LogP contribution in [0.1, 0.15) is 5.56 Å². The molecule has 2 rings (SSSR count). The first kappa shape index (κ1) is 12.0. The highest BCUT2D eigenvalue weighted by Crippen LogP contribution is 2.47. The first-order valence-electron chi connectivity index (χ1n) is 4.65.